The van der Waals surface area contributed by atoms with Crippen molar-refractivity contribution in [3.8, 4) is 17.2 Å². The average molecular weight is 333 g/mol. The molecule has 126 valence electrons. The zero-order valence-corrected chi connectivity index (χ0v) is 13.2. The molecule has 24 heavy (non-hydrogen) atoms. The Labute approximate surface area is 136 Å². The number of nitrogens with zero attached hydrogens (tertiary/aromatic N) is 4. The van der Waals surface area contributed by atoms with Crippen LogP contribution in [0.2, 0.25) is 0 Å². The molecule has 0 atom stereocenters. The van der Waals surface area contributed by atoms with Crippen LogP contribution in [0.15, 0.2) is 29.3 Å². The Morgan fingerprint density at radius 2 is 1.79 bits per heavy atom. The number of carbonyl (C=O) groups is 2. The zero-order valence-electron chi connectivity index (χ0n) is 13.2. The zero-order chi connectivity index (χ0) is 17.9. The topological polar surface area (TPSA) is 130 Å². The molecule has 1 aromatic carbocycles. The van der Waals surface area contributed by atoms with Crippen LogP contribution in [0.3, 0.4) is 0 Å². The maximum atomic E-state index is 12.1. The summed E-state index contributed by atoms with van der Waals surface area (Å²) in [4.78, 5) is 42.0. The molecule has 10 nitrogen and oxygen atoms in total. The van der Waals surface area contributed by atoms with Gasteiger partial charge in [0, 0.05) is 27.0 Å². The maximum Gasteiger partial charge on any atom is 0.356 e. The van der Waals surface area contributed by atoms with Gasteiger partial charge in [-0.05, 0) is 12.1 Å². The summed E-state index contributed by atoms with van der Waals surface area (Å²) in [5.74, 6) is 4.37. The molecule has 2 rings (SSSR count). The van der Waals surface area contributed by atoms with Crippen LogP contribution < -0.4 is 26.0 Å². The van der Waals surface area contributed by atoms with Gasteiger partial charge in [0.1, 0.15) is 6.33 Å². The lowest BCUT2D eigenvalue weighted by molar-refractivity contribution is -0.134. The number of rotatable bonds is 4. The molecule has 1 heterocycles. The molecule has 2 aromatic rings. The lowest BCUT2D eigenvalue weighted by Crippen LogP contribution is -2.32. The number of esters is 2. The van der Waals surface area contributed by atoms with Gasteiger partial charge in [-0.3, -0.25) is 19.2 Å². The SMILES string of the molecule is CC(=O)Oc1ccc(-n2cnc(N(C)N)nc2=O)cc1OC(C)=O. The Bertz CT molecular complexity index is 846. The third kappa shape index (κ3) is 3.93. The van der Waals surface area contributed by atoms with E-state index in [9.17, 15) is 14.4 Å². The van der Waals surface area contributed by atoms with E-state index >= 15 is 0 Å². The minimum atomic E-state index is -0.633. The normalized spacial score (nSPS) is 10.2. The first kappa shape index (κ1) is 17.1. The van der Waals surface area contributed by atoms with E-state index in [1.54, 1.807) is 0 Å². The number of nitrogens with two attached hydrogens (primary N) is 1. The smallest absolute Gasteiger partial charge is 0.356 e. The van der Waals surface area contributed by atoms with Crippen LogP contribution in [0.1, 0.15) is 13.8 Å². The summed E-state index contributed by atoms with van der Waals surface area (Å²) in [6, 6.07) is 4.24. The Morgan fingerprint density at radius 1 is 1.17 bits per heavy atom. The third-order valence-corrected chi connectivity index (χ3v) is 2.72. The van der Waals surface area contributed by atoms with Crippen LogP contribution >= 0.6 is 0 Å². The maximum absolute atomic E-state index is 12.1. The molecule has 0 bridgehead atoms. The predicted molar refractivity (Wildman–Crippen MR) is 82.8 cm³/mol. The molecular formula is C14H15N5O5. The lowest BCUT2D eigenvalue weighted by atomic mass is 10.2. The number of hydrazine groups is 1. The van der Waals surface area contributed by atoms with Crippen molar-refractivity contribution in [3.63, 3.8) is 0 Å². The number of carbonyl (C=O) groups excluding carboxylic acids is 2. The molecule has 1 aromatic heterocycles. The van der Waals surface area contributed by atoms with Crippen molar-refractivity contribution in [1.82, 2.24) is 14.5 Å². The van der Waals surface area contributed by atoms with E-state index in [4.69, 9.17) is 15.3 Å². The van der Waals surface area contributed by atoms with Gasteiger partial charge in [0.05, 0.1) is 5.69 Å². The Balaban J connectivity index is 2.49. The average Bonchev–Trinajstić information content (AvgIpc) is 2.48. The van der Waals surface area contributed by atoms with E-state index in [1.807, 2.05) is 0 Å². The minimum absolute atomic E-state index is 0.0119. The van der Waals surface area contributed by atoms with Crippen LogP contribution in [0.5, 0.6) is 11.5 Å². The van der Waals surface area contributed by atoms with Crippen molar-refractivity contribution < 1.29 is 19.1 Å². The van der Waals surface area contributed by atoms with Gasteiger partial charge in [0.25, 0.3) is 0 Å². The van der Waals surface area contributed by atoms with Crippen LogP contribution in [0, 0.1) is 0 Å². The summed E-state index contributed by atoms with van der Waals surface area (Å²) >= 11 is 0. The first-order valence-corrected chi connectivity index (χ1v) is 6.73. The summed E-state index contributed by atoms with van der Waals surface area (Å²) in [5, 5.41) is 1.10. The highest BCUT2D eigenvalue weighted by atomic mass is 16.6. The van der Waals surface area contributed by atoms with Gasteiger partial charge >= 0.3 is 17.6 Å². The largest absolute Gasteiger partial charge is 0.423 e. The minimum Gasteiger partial charge on any atom is -0.423 e. The Hall–Kier alpha value is -3.27. The Morgan fingerprint density at radius 3 is 2.33 bits per heavy atom. The van der Waals surface area contributed by atoms with Gasteiger partial charge < -0.3 is 9.47 Å². The lowest BCUT2D eigenvalue weighted by Gasteiger charge is -2.12. The van der Waals surface area contributed by atoms with E-state index in [2.05, 4.69) is 9.97 Å². The Kier molecular flexibility index (Phi) is 4.90. The number of hydrogen-bond acceptors (Lipinski definition) is 9. The van der Waals surface area contributed by atoms with Crippen molar-refractivity contribution in [2.45, 2.75) is 13.8 Å². The molecule has 10 heteroatoms. The highest BCUT2D eigenvalue weighted by molar-refractivity contribution is 5.74. The van der Waals surface area contributed by atoms with Crippen LogP contribution in [-0.2, 0) is 9.59 Å². The van der Waals surface area contributed by atoms with Crippen LogP contribution in [0.25, 0.3) is 5.69 Å². The molecular weight excluding hydrogens is 318 g/mol. The van der Waals surface area contributed by atoms with E-state index < -0.39 is 17.6 Å². The second-order valence-electron chi connectivity index (χ2n) is 4.74. The second-order valence-corrected chi connectivity index (χ2v) is 4.74. The van der Waals surface area contributed by atoms with E-state index in [-0.39, 0.29) is 17.4 Å². The molecule has 0 saturated heterocycles. The molecule has 0 amide bonds. The molecule has 2 N–H and O–H groups in total. The molecule has 0 fully saturated rings. The third-order valence-electron chi connectivity index (χ3n) is 2.72. The highest BCUT2D eigenvalue weighted by Gasteiger charge is 2.13. The summed E-state index contributed by atoms with van der Waals surface area (Å²) in [6.07, 6.45) is 1.23. The molecule has 0 saturated carbocycles. The first-order chi connectivity index (χ1) is 11.3. The van der Waals surface area contributed by atoms with Crippen molar-refractivity contribution in [2.75, 3.05) is 12.1 Å². The van der Waals surface area contributed by atoms with E-state index in [0.29, 0.717) is 5.69 Å². The molecule has 0 aliphatic carbocycles. The molecule has 0 spiro atoms. The van der Waals surface area contributed by atoms with Gasteiger partial charge in [-0.25, -0.2) is 15.6 Å². The number of hydrogen-bond donors (Lipinski definition) is 1. The quantitative estimate of drug-likeness (QED) is 0.349. The van der Waals surface area contributed by atoms with Gasteiger partial charge in [0.15, 0.2) is 11.5 Å². The van der Waals surface area contributed by atoms with Gasteiger partial charge in [0.2, 0.25) is 5.95 Å². The fraction of sp³-hybridized carbons (Fsp3) is 0.214. The molecule has 0 aliphatic heterocycles. The highest BCUT2D eigenvalue weighted by Crippen LogP contribution is 2.29. The molecule has 0 radical (unpaired) electrons. The number of aromatic nitrogens is 3. The van der Waals surface area contributed by atoms with Crippen molar-refractivity contribution >= 4 is 17.9 Å². The predicted octanol–water partition coefficient (Wildman–Crippen LogP) is -0.212. The number of ether oxygens (including phenoxy) is 2. The van der Waals surface area contributed by atoms with Crippen molar-refractivity contribution in [3.05, 3.63) is 35.0 Å². The fourth-order valence-electron chi connectivity index (χ4n) is 1.79. The molecule has 0 aliphatic rings. The number of benzene rings is 1. The molecule has 0 unspecified atom stereocenters. The van der Waals surface area contributed by atoms with Gasteiger partial charge in [-0.2, -0.15) is 4.98 Å². The standard InChI is InChI=1S/C14H15N5O5/c1-8(20)23-11-5-4-10(6-12(11)24-9(2)21)19-7-16-13(18(3)15)17-14(19)22/h4-7H,15H2,1-3H3. The van der Waals surface area contributed by atoms with Crippen LogP contribution in [0.4, 0.5) is 5.95 Å². The van der Waals surface area contributed by atoms with Gasteiger partial charge in [-0.1, -0.05) is 0 Å². The van der Waals surface area contributed by atoms with Crippen molar-refractivity contribution in [1.29, 1.82) is 0 Å². The summed E-state index contributed by atoms with van der Waals surface area (Å²) < 4.78 is 11.1. The van der Waals surface area contributed by atoms with Crippen LogP contribution in [-0.4, -0.2) is 33.5 Å². The monoisotopic (exact) mass is 333 g/mol. The second kappa shape index (κ2) is 6.87. The summed E-state index contributed by atoms with van der Waals surface area (Å²) in [7, 11) is 1.49. The van der Waals surface area contributed by atoms with Gasteiger partial charge in [-0.15, -0.1) is 0 Å². The summed E-state index contributed by atoms with van der Waals surface area (Å²) in [5.41, 5.74) is -0.315. The first-order valence-electron chi connectivity index (χ1n) is 6.73. The van der Waals surface area contributed by atoms with E-state index in [0.717, 1.165) is 9.58 Å². The number of anilines is 1. The van der Waals surface area contributed by atoms with E-state index in [1.165, 1.54) is 45.4 Å². The summed E-state index contributed by atoms with van der Waals surface area (Å²) in [6.45, 7) is 2.41. The van der Waals surface area contributed by atoms with Crippen molar-refractivity contribution in [2.24, 2.45) is 5.84 Å². The fourth-order valence-corrected chi connectivity index (χ4v) is 1.79.